The summed E-state index contributed by atoms with van der Waals surface area (Å²) in [5.41, 5.74) is 7.80. The minimum absolute atomic E-state index is 0.466. The maximum atomic E-state index is 6.77. The summed E-state index contributed by atoms with van der Waals surface area (Å²) in [5.74, 6) is 3.10. The zero-order chi connectivity index (χ0) is 22.0. The van der Waals surface area contributed by atoms with Crippen molar-refractivity contribution in [2.45, 2.75) is 53.9 Å². The highest BCUT2D eigenvalue weighted by Crippen LogP contribution is 2.51. The van der Waals surface area contributed by atoms with E-state index in [1.807, 2.05) is 0 Å². The van der Waals surface area contributed by atoms with Crippen molar-refractivity contribution in [3.8, 4) is 22.8 Å². The molecule has 1 aliphatic heterocycles. The first-order valence-corrected chi connectivity index (χ1v) is 11.5. The van der Waals surface area contributed by atoms with E-state index in [0.717, 1.165) is 17.9 Å². The number of aryl methyl sites for hydroxylation is 3. The van der Waals surface area contributed by atoms with Gasteiger partial charge in [0.15, 0.2) is 6.20 Å². The van der Waals surface area contributed by atoms with Gasteiger partial charge < -0.3 is 4.74 Å². The van der Waals surface area contributed by atoms with E-state index in [1.54, 1.807) is 0 Å². The molecule has 0 saturated heterocycles. The van der Waals surface area contributed by atoms with E-state index in [2.05, 4.69) is 95.8 Å². The van der Waals surface area contributed by atoms with Gasteiger partial charge in [0.25, 0.3) is 0 Å². The van der Waals surface area contributed by atoms with Gasteiger partial charge in [0.2, 0.25) is 5.69 Å². The number of nitrogens with zero attached hydrogens (tertiary/aromatic N) is 1. The average Bonchev–Trinajstić information content (AvgIpc) is 2.72. The number of aromatic nitrogens is 1. The van der Waals surface area contributed by atoms with Crippen molar-refractivity contribution >= 4 is 21.5 Å². The van der Waals surface area contributed by atoms with Crippen molar-refractivity contribution in [3.05, 3.63) is 64.8 Å². The molecule has 3 aromatic carbocycles. The van der Waals surface area contributed by atoms with Crippen LogP contribution < -0.4 is 9.30 Å². The van der Waals surface area contributed by atoms with E-state index >= 15 is 0 Å². The third-order valence-electron chi connectivity index (χ3n) is 6.79. The highest BCUT2D eigenvalue weighted by atomic mass is 16.5. The van der Waals surface area contributed by atoms with Crippen LogP contribution in [0, 0.1) is 19.8 Å². The van der Waals surface area contributed by atoms with Crippen LogP contribution in [0.15, 0.2) is 42.6 Å². The molecule has 1 aliphatic rings. The average molecular weight is 411 g/mol. The van der Waals surface area contributed by atoms with Gasteiger partial charge in [-0.25, -0.2) is 4.57 Å². The second kappa shape index (κ2) is 7.09. The standard InChI is InChI=1S/C29H32NO/c1-16(2)13-20-14-21-11-12-30(7)28-26-18(5)23-10-8-9-22(17(3)4)25(23)19(6)29(26)31-24(15-20)27(21)28/h8-12,14-17H,13H2,1-7H3/q+1. The van der Waals surface area contributed by atoms with E-state index in [0.29, 0.717) is 11.8 Å². The number of ether oxygens (including phenoxy) is 1. The number of pyridine rings is 1. The van der Waals surface area contributed by atoms with Gasteiger partial charge in [-0.05, 0) is 71.0 Å². The molecular formula is C29H32NO+. The third-order valence-corrected chi connectivity index (χ3v) is 6.79. The van der Waals surface area contributed by atoms with Crippen molar-refractivity contribution in [2.24, 2.45) is 13.0 Å². The monoisotopic (exact) mass is 410 g/mol. The summed E-state index contributed by atoms with van der Waals surface area (Å²) in [6, 6.07) is 13.6. The van der Waals surface area contributed by atoms with Gasteiger partial charge in [0.1, 0.15) is 18.5 Å². The fourth-order valence-corrected chi connectivity index (χ4v) is 5.41. The Morgan fingerprint density at radius 3 is 2.42 bits per heavy atom. The zero-order valence-corrected chi connectivity index (χ0v) is 19.8. The summed E-state index contributed by atoms with van der Waals surface area (Å²) < 4.78 is 9.03. The molecule has 2 heteroatoms. The quantitative estimate of drug-likeness (QED) is 0.280. The van der Waals surface area contributed by atoms with E-state index in [9.17, 15) is 0 Å². The van der Waals surface area contributed by atoms with Crippen molar-refractivity contribution in [1.82, 2.24) is 0 Å². The molecule has 31 heavy (non-hydrogen) atoms. The van der Waals surface area contributed by atoms with Crippen LogP contribution in [0.25, 0.3) is 32.8 Å². The topological polar surface area (TPSA) is 13.1 Å². The van der Waals surface area contributed by atoms with Crippen LogP contribution in [-0.4, -0.2) is 0 Å². The molecule has 1 aromatic heterocycles. The molecule has 2 heterocycles. The lowest BCUT2D eigenvalue weighted by Crippen LogP contribution is -2.32. The minimum atomic E-state index is 0.466. The molecule has 0 aliphatic carbocycles. The Kier molecular flexibility index (Phi) is 4.58. The molecule has 0 saturated carbocycles. The Labute approximate surface area is 185 Å². The Balaban J connectivity index is 1.91. The Bertz CT molecular complexity index is 1360. The number of hydrogen-bond acceptors (Lipinski definition) is 1. The van der Waals surface area contributed by atoms with Crippen LogP contribution >= 0.6 is 0 Å². The van der Waals surface area contributed by atoms with Gasteiger partial charge >= 0.3 is 0 Å². The zero-order valence-electron chi connectivity index (χ0n) is 19.8. The maximum Gasteiger partial charge on any atom is 0.228 e. The maximum absolute atomic E-state index is 6.77. The third kappa shape index (κ3) is 2.96. The molecule has 0 bridgehead atoms. The van der Waals surface area contributed by atoms with Gasteiger partial charge in [-0.2, -0.15) is 0 Å². The SMILES string of the molecule is Cc1c2c(c(C)c3c(C(C)C)cccc13)Oc1cc(CC(C)C)cc3cc[n+](C)c-2c13. The minimum Gasteiger partial charge on any atom is -0.455 e. The van der Waals surface area contributed by atoms with Crippen LogP contribution in [0.3, 0.4) is 0 Å². The molecule has 0 fully saturated rings. The first-order chi connectivity index (χ1) is 14.8. The normalized spacial score (nSPS) is 12.7. The fraction of sp³-hybridized carbons (Fsp3) is 0.345. The van der Waals surface area contributed by atoms with Crippen LogP contribution in [-0.2, 0) is 13.5 Å². The first kappa shape index (κ1) is 20.1. The molecule has 0 N–H and O–H groups in total. The number of hydrogen-bond donors (Lipinski definition) is 0. The molecule has 2 nitrogen and oxygen atoms in total. The summed E-state index contributed by atoms with van der Waals surface area (Å²) in [7, 11) is 2.15. The lowest BCUT2D eigenvalue weighted by Gasteiger charge is -2.26. The molecule has 5 rings (SSSR count). The van der Waals surface area contributed by atoms with E-state index in [1.165, 1.54) is 55.1 Å². The van der Waals surface area contributed by atoms with Crippen LogP contribution in [0.5, 0.6) is 11.5 Å². The van der Waals surface area contributed by atoms with Crippen LogP contribution in [0.2, 0.25) is 0 Å². The van der Waals surface area contributed by atoms with E-state index in [-0.39, 0.29) is 0 Å². The molecule has 0 amide bonds. The van der Waals surface area contributed by atoms with Crippen LogP contribution in [0.1, 0.15) is 55.9 Å². The van der Waals surface area contributed by atoms with Crippen molar-refractivity contribution in [2.75, 3.05) is 0 Å². The van der Waals surface area contributed by atoms with Crippen molar-refractivity contribution in [1.29, 1.82) is 0 Å². The highest BCUT2D eigenvalue weighted by molar-refractivity contribution is 6.07. The summed E-state index contributed by atoms with van der Waals surface area (Å²) in [4.78, 5) is 0. The van der Waals surface area contributed by atoms with Crippen molar-refractivity contribution < 1.29 is 9.30 Å². The van der Waals surface area contributed by atoms with Gasteiger partial charge in [-0.15, -0.1) is 0 Å². The fourth-order valence-electron chi connectivity index (χ4n) is 5.41. The Morgan fingerprint density at radius 1 is 0.935 bits per heavy atom. The predicted molar refractivity (Wildman–Crippen MR) is 130 cm³/mol. The lowest BCUT2D eigenvalue weighted by molar-refractivity contribution is -0.659. The van der Waals surface area contributed by atoms with Gasteiger partial charge in [0.05, 0.1) is 10.9 Å². The van der Waals surface area contributed by atoms with E-state index in [4.69, 9.17) is 4.74 Å². The molecule has 4 aromatic rings. The number of rotatable bonds is 3. The van der Waals surface area contributed by atoms with Gasteiger partial charge in [-0.3, -0.25) is 0 Å². The summed E-state index contributed by atoms with van der Waals surface area (Å²) in [6.07, 6.45) is 3.25. The number of fused-ring (bicyclic) bond motifs is 3. The highest BCUT2D eigenvalue weighted by Gasteiger charge is 2.32. The first-order valence-electron chi connectivity index (χ1n) is 11.5. The molecular weight excluding hydrogens is 378 g/mol. The van der Waals surface area contributed by atoms with Crippen molar-refractivity contribution in [3.63, 3.8) is 0 Å². The van der Waals surface area contributed by atoms with Gasteiger partial charge in [-0.1, -0.05) is 52.0 Å². The predicted octanol–water partition coefficient (Wildman–Crippen LogP) is 7.53. The smallest absolute Gasteiger partial charge is 0.228 e. The van der Waals surface area contributed by atoms with Gasteiger partial charge in [0, 0.05) is 11.6 Å². The second-order valence-electron chi connectivity index (χ2n) is 9.91. The number of benzene rings is 3. The molecule has 158 valence electrons. The summed E-state index contributed by atoms with van der Waals surface area (Å²) in [5, 5.41) is 5.18. The Morgan fingerprint density at radius 2 is 1.71 bits per heavy atom. The summed E-state index contributed by atoms with van der Waals surface area (Å²) in [6.45, 7) is 13.6. The summed E-state index contributed by atoms with van der Waals surface area (Å²) >= 11 is 0. The Hall–Kier alpha value is -2.87. The molecule has 0 unspecified atom stereocenters. The largest absolute Gasteiger partial charge is 0.455 e. The molecule has 0 atom stereocenters. The van der Waals surface area contributed by atoms with Crippen LogP contribution in [0.4, 0.5) is 0 Å². The molecule has 0 spiro atoms. The molecule has 0 radical (unpaired) electrons. The van der Waals surface area contributed by atoms with E-state index < -0.39 is 0 Å². The second-order valence-corrected chi connectivity index (χ2v) is 9.91. The lowest BCUT2D eigenvalue weighted by atomic mass is 9.85.